The van der Waals surface area contributed by atoms with Gasteiger partial charge in [0.2, 0.25) is 0 Å². The molecule has 3 amide bonds. The standard InChI is InChI=1S/C21H23N9O3/c1-6-10-29(3)21(32)25-16-11-15(17(27-26-16)20(31)22-2)24-14-9-7-8-13(18(14)33-5)19-23-12-30(4)28-19/h1,7-9,11-12H,10H2,2-5H3,(H,22,31)(H2,24,25,26,32). The van der Waals surface area contributed by atoms with E-state index < -0.39 is 11.9 Å². The topological polar surface area (TPSA) is 139 Å². The Hall–Kier alpha value is -4.66. The summed E-state index contributed by atoms with van der Waals surface area (Å²) >= 11 is 0. The average Bonchev–Trinajstić information content (AvgIpc) is 3.24. The van der Waals surface area contributed by atoms with Crippen LogP contribution in [0, 0.1) is 12.3 Å². The average molecular weight is 449 g/mol. The summed E-state index contributed by atoms with van der Waals surface area (Å²) < 4.78 is 7.19. The number of ether oxygens (including phenoxy) is 1. The molecular formula is C21H23N9O3. The number of hydrogen-bond donors (Lipinski definition) is 3. The minimum absolute atomic E-state index is 0.0240. The van der Waals surface area contributed by atoms with Gasteiger partial charge in [-0.3, -0.25) is 14.8 Å². The molecule has 0 bridgehead atoms. The smallest absolute Gasteiger partial charge is 0.323 e. The number of hydrogen-bond acceptors (Lipinski definition) is 8. The molecule has 1 aromatic carbocycles. The van der Waals surface area contributed by atoms with Crippen molar-refractivity contribution in [3.8, 4) is 29.5 Å². The molecule has 0 spiro atoms. The summed E-state index contributed by atoms with van der Waals surface area (Å²) in [7, 11) is 6.31. The number of amides is 3. The zero-order chi connectivity index (χ0) is 24.0. The predicted octanol–water partition coefficient (Wildman–Crippen LogP) is 1.48. The minimum atomic E-state index is -0.471. The molecule has 2 heterocycles. The van der Waals surface area contributed by atoms with E-state index in [1.165, 1.54) is 25.1 Å². The van der Waals surface area contributed by atoms with Gasteiger partial charge in [0.1, 0.15) is 6.33 Å². The fourth-order valence-corrected chi connectivity index (χ4v) is 2.89. The summed E-state index contributed by atoms with van der Waals surface area (Å²) in [6.07, 6.45) is 6.83. The van der Waals surface area contributed by atoms with E-state index >= 15 is 0 Å². The molecule has 0 fully saturated rings. The summed E-state index contributed by atoms with van der Waals surface area (Å²) in [5, 5.41) is 20.5. The second-order valence-electron chi connectivity index (χ2n) is 6.81. The van der Waals surface area contributed by atoms with Crippen LogP contribution in [0.25, 0.3) is 11.4 Å². The van der Waals surface area contributed by atoms with Crippen LogP contribution in [0.1, 0.15) is 10.5 Å². The Morgan fingerprint density at radius 3 is 2.70 bits per heavy atom. The second kappa shape index (κ2) is 10.1. The summed E-state index contributed by atoms with van der Waals surface area (Å²) in [5.41, 5.74) is 1.50. The molecule has 12 heteroatoms. The SMILES string of the molecule is C#CCN(C)C(=O)Nc1cc(Nc2cccc(-c3ncn(C)n3)c2OC)c(C(=O)NC)nn1. The molecule has 3 N–H and O–H groups in total. The highest BCUT2D eigenvalue weighted by Crippen LogP contribution is 2.37. The molecule has 0 saturated carbocycles. The molecule has 0 unspecified atom stereocenters. The highest BCUT2D eigenvalue weighted by atomic mass is 16.5. The number of aromatic nitrogens is 5. The molecule has 170 valence electrons. The maximum atomic E-state index is 12.4. The third kappa shape index (κ3) is 5.16. The van der Waals surface area contributed by atoms with Crippen LogP contribution >= 0.6 is 0 Å². The highest BCUT2D eigenvalue weighted by Gasteiger charge is 2.19. The van der Waals surface area contributed by atoms with Gasteiger partial charge in [0.15, 0.2) is 23.1 Å². The van der Waals surface area contributed by atoms with Crippen LogP contribution in [0.5, 0.6) is 5.75 Å². The van der Waals surface area contributed by atoms with E-state index in [1.807, 2.05) is 6.07 Å². The number of terminal acetylenes is 1. The maximum Gasteiger partial charge on any atom is 0.323 e. The summed E-state index contributed by atoms with van der Waals surface area (Å²) in [4.78, 5) is 30.2. The number of aryl methyl sites for hydroxylation is 1. The molecule has 0 saturated heterocycles. The first-order valence-electron chi connectivity index (χ1n) is 9.73. The van der Waals surface area contributed by atoms with Gasteiger partial charge in [-0.15, -0.1) is 16.6 Å². The van der Waals surface area contributed by atoms with Gasteiger partial charge in [-0.1, -0.05) is 12.0 Å². The van der Waals surface area contributed by atoms with E-state index in [9.17, 15) is 9.59 Å². The molecule has 0 aliphatic carbocycles. The number of nitrogens with one attached hydrogen (secondary N) is 3. The van der Waals surface area contributed by atoms with Crippen LogP contribution < -0.4 is 20.7 Å². The lowest BCUT2D eigenvalue weighted by Gasteiger charge is -2.17. The molecular weight excluding hydrogens is 426 g/mol. The van der Waals surface area contributed by atoms with E-state index in [1.54, 1.807) is 37.2 Å². The number of rotatable bonds is 7. The number of anilines is 3. The second-order valence-corrected chi connectivity index (χ2v) is 6.81. The van der Waals surface area contributed by atoms with Crippen molar-refractivity contribution in [2.45, 2.75) is 0 Å². The van der Waals surface area contributed by atoms with E-state index in [4.69, 9.17) is 11.2 Å². The van der Waals surface area contributed by atoms with E-state index in [-0.39, 0.29) is 18.1 Å². The number of urea groups is 1. The number of carbonyl (C=O) groups is 2. The Balaban J connectivity index is 2.00. The van der Waals surface area contributed by atoms with Crippen molar-refractivity contribution in [2.24, 2.45) is 7.05 Å². The van der Waals surface area contributed by atoms with Crippen LogP contribution in [0.3, 0.4) is 0 Å². The minimum Gasteiger partial charge on any atom is -0.494 e. The van der Waals surface area contributed by atoms with Crippen molar-refractivity contribution >= 4 is 29.1 Å². The molecule has 33 heavy (non-hydrogen) atoms. The zero-order valence-corrected chi connectivity index (χ0v) is 18.6. The Labute approximate surface area is 190 Å². The van der Waals surface area contributed by atoms with Gasteiger partial charge >= 0.3 is 6.03 Å². The van der Waals surface area contributed by atoms with Crippen LogP contribution in [-0.2, 0) is 7.05 Å². The molecule has 12 nitrogen and oxygen atoms in total. The third-order valence-electron chi connectivity index (χ3n) is 4.48. The van der Waals surface area contributed by atoms with Crippen LogP contribution in [-0.4, -0.2) is 69.5 Å². The lowest BCUT2D eigenvalue weighted by Crippen LogP contribution is -2.32. The third-order valence-corrected chi connectivity index (χ3v) is 4.48. The summed E-state index contributed by atoms with van der Waals surface area (Å²) in [6, 6.07) is 6.39. The van der Waals surface area contributed by atoms with Gasteiger partial charge in [0.25, 0.3) is 5.91 Å². The first-order chi connectivity index (χ1) is 15.9. The van der Waals surface area contributed by atoms with Gasteiger partial charge in [-0.25, -0.2) is 9.78 Å². The quantitative estimate of drug-likeness (QED) is 0.461. The Morgan fingerprint density at radius 2 is 2.06 bits per heavy atom. The predicted molar refractivity (Wildman–Crippen MR) is 122 cm³/mol. The lowest BCUT2D eigenvalue weighted by molar-refractivity contribution is 0.0958. The number of methoxy groups -OCH3 is 1. The van der Waals surface area contributed by atoms with Crippen molar-refractivity contribution < 1.29 is 14.3 Å². The molecule has 0 radical (unpaired) electrons. The lowest BCUT2D eigenvalue weighted by atomic mass is 10.1. The molecule has 2 aromatic heterocycles. The number of nitrogens with zero attached hydrogens (tertiary/aromatic N) is 6. The van der Waals surface area contributed by atoms with E-state index in [0.29, 0.717) is 28.5 Å². The van der Waals surface area contributed by atoms with Crippen LogP contribution in [0.2, 0.25) is 0 Å². The Morgan fingerprint density at radius 1 is 1.27 bits per heavy atom. The fourth-order valence-electron chi connectivity index (χ4n) is 2.89. The zero-order valence-electron chi connectivity index (χ0n) is 18.6. The van der Waals surface area contributed by atoms with E-state index in [2.05, 4.69) is 42.2 Å². The molecule has 3 rings (SSSR count). The Kier molecular flexibility index (Phi) is 7.04. The number of benzene rings is 1. The molecule has 0 aliphatic heterocycles. The normalized spacial score (nSPS) is 10.2. The monoisotopic (exact) mass is 449 g/mol. The molecule has 3 aromatic rings. The van der Waals surface area contributed by atoms with Gasteiger partial charge in [-0.2, -0.15) is 5.10 Å². The van der Waals surface area contributed by atoms with Gasteiger partial charge in [0.05, 0.1) is 30.6 Å². The highest BCUT2D eigenvalue weighted by molar-refractivity contribution is 5.99. The first-order valence-corrected chi connectivity index (χ1v) is 9.73. The van der Waals surface area contributed by atoms with Crippen molar-refractivity contribution in [3.05, 3.63) is 36.3 Å². The largest absolute Gasteiger partial charge is 0.494 e. The van der Waals surface area contributed by atoms with Crippen molar-refractivity contribution in [1.29, 1.82) is 0 Å². The number of carbonyl (C=O) groups excluding carboxylic acids is 2. The maximum absolute atomic E-state index is 12.4. The van der Waals surface area contributed by atoms with Crippen LogP contribution in [0.4, 0.5) is 22.0 Å². The summed E-state index contributed by atoms with van der Waals surface area (Å²) in [5.74, 6) is 2.98. The van der Waals surface area contributed by atoms with Crippen molar-refractivity contribution in [3.63, 3.8) is 0 Å². The van der Waals surface area contributed by atoms with Gasteiger partial charge in [-0.05, 0) is 12.1 Å². The Bertz CT molecular complexity index is 1220. The van der Waals surface area contributed by atoms with Crippen LogP contribution in [0.15, 0.2) is 30.6 Å². The van der Waals surface area contributed by atoms with Crippen molar-refractivity contribution in [1.82, 2.24) is 35.2 Å². The fraction of sp³-hybridized carbons (Fsp3) is 0.238. The van der Waals surface area contributed by atoms with Crippen molar-refractivity contribution in [2.75, 3.05) is 38.4 Å². The van der Waals surface area contributed by atoms with Gasteiger partial charge < -0.3 is 20.3 Å². The molecule has 0 atom stereocenters. The van der Waals surface area contributed by atoms with E-state index in [0.717, 1.165) is 0 Å². The van der Waals surface area contributed by atoms with Gasteiger partial charge in [0, 0.05) is 27.2 Å². The molecule has 0 aliphatic rings. The number of para-hydroxylation sites is 1. The summed E-state index contributed by atoms with van der Waals surface area (Å²) in [6.45, 7) is 0.117. The first kappa shape index (κ1) is 23.0.